The first-order chi connectivity index (χ1) is 50.1. The molecule has 0 bridgehead atoms. The maximum Gasteiger partial charge on any atom is 0.305 e. The third-order valence-electron chi connectivity index (χ3n) is 19.4. The molecule has 25 nitrogen and oxygen atoms in total. The van der Waals surface area contributed by atoms with Crippen molar-refractivity contribution < 1.29 is 81.8 Å². The molecule has 1 fully saturated rings. The molecule has 7 aliphatic rings. The number of carbonyl (C=O) groups excluding carboxylic acids is 15. The molecule has 105 heavy (non-hydrogen) atoms. The van der Waals surface area contributed by atoms with Gasteiger partial charge in [0.15, 0.2) is 0 Å². The summed E-state index contributed by atoms with van der Waals surface area (Å²) in [7, 11) is -0.859. The number of cyclic esters (lactones) is 1. The van der Waals surface area contributed by atoms with Crippen molar-refractivity contribution in [2.24, 2.45) is 0 Å². The minimum atomic E-state index is -0.859. The first-order valence-electron chi connectivity index (χ1n) is 35.1. The average molecular weight is 1450 g/mol. The normalized spacial score (nSPS) is 15.3. The molecule has 0 saturated carbocycles. The fraction of sp³-hybridized carbons (Fsp3) is 0.354. The van der Waals surface area contributed by atoms with Crippen LogP contribution in [0.25, 0.3) is 0 Å². The van der Waals surface area contributed by atoms with Crippen LogP contribution in [0, 0.1) is 0 Å². The van der Waals surface area contributed by atoms with Crippen LogP contribution in [-0.4, -0.2) is 220 Å². The van der Waals surface area contributed by atoms with Crippen LogP contribution in [0.3, 0.4) is 0 Å². The van der Waals surface area contributed by atoms with Gasteiger partial charge in [0.05, 0.1) is 80.0 Å². The summed E-state index contributed by atoms with van der Waals surface area (Å²) in [5, 5.41) is 9.74. The lowest BCUT2D eigenvalue weighted by atomic mass is 10.1. The Hall–Kier alpha value is -11.3. The second kappa shape index (κ2) is 34.4. The number of rotatable bonds is 22. The standard InChI is InChI=1S/C24H23N3O5.C23H21N3O6.C21H18N2O4.C7H18Si.C4H6O2/c1-2-7-20(28)25(12-14-26-21(29)16-8-3-4-9-17(16)22(26)30)13-15-27-23(31)18-10-5-6-11-19(18)24(27)32;27-14-9-19(28)24(10-12-25-20(29)15-5-1-2-6-16(15)21(25)30)11-13-26-22(31)17-7-3-4-8-18(17)23(26)32;24-18-14-8-2-3-9-15(14)19(25)22(18)12-6-1-7-13-23-20(26)16-10-4-5-11-17(16)21(23)27;1-7(2,3)8(4,5)6;5-4-2-1-3-6-4/h3-6,8-11H,2,7,12-15H2,1H3;1-8,27H,9-14H2;2-5,8-11H,1,6-7,12-13H2;1-6H3;1-3H2. The molecule has 0 aliphatic carbocycles. The number of hydrogen-bond acceptors (Lipinski definition) is 17. The van der Waals surface area contributed by atoms with E-state index in [1.165, 1.54) is 19.6 Å². The van der Waals surface area contributed by atoms with E-state index < -0.39 is 37.6 Å². The largest absolute Gasteiger partial charge is 0.466 e. The number of imide groups is 6. The molecule has 548 valence electrons. The van der Waals surface area contributed by atoms with E-state index in [0.717, 1.165) is 26.0 Å². The Bertz CT molecular complexity index is 3800. The van der Waals surface area contributed by atoms with Crippen LogP contribution in [0.5, 0.6) is 0 Å². The van der Waals surface area contributed by atoms with Crippen LogP contribution >= 0.6 is 0 Å². The van der Waals surface area contributed by atoms with Crippen LogP contribution in [-0.2, 0) is 19.1 Å². The number of hydrogen-bond donors (Lipinski definition) is 1. The quantitative estimate of drug-likeness (QED) is 0.0286. The topological polar surface area (TPSA) is 311 Å². The highest BCUT2D eigenvalue weighted by molar-refractivity contribution is 6.78. The minimum Gasteiger partial charge on any atom is -0.466 e. The van der Waals surface area contributed by atoms with E-state index in [9.17, 15) is 71.9 Å². The number of nitrogens with zero attached hydrogens (tertiary/aromatic N) is 8. The number of benzene rings is 6. The smallest absolute Gasteiger partial charge is 0.305 e. The Balaban J connectivity index is 0.000000167. The van der Waals surface area contributed by atoms with Gasteiger partial charge in [-0.15, -0.1) is 0 Å². The number of esters is 1. The lowest BCUT2D eigenvalue weighted by Crippen LogP contribution is -2.45. The summed E-state index contributed by atoms with van der Waals surface area (Å²) in [4.78, 5) is 195. The molecular weight excluding hydrogens is 1360 g/mol. The summed E-state index contributed by atoms with van der Waals surface area (Å²) < 4.78 is 4.51. The van der Waals surface area contributed by atoms with E-state index in [0.29, 0.717) is 130 Å². The van der Waals surface area contributed by atoms with Crippen LogP contribution in [0.15, 0.2) is 146 Å². The highest BCUT2D eigenvalue weighted by Crippen LogP contribution is 2.35. The van der Waals surface area contributed by atoms with Crippen molar-refractivity contribution in [3.63, 3.8) is 0 Å². The van der Waals surface area contributed by atoms with Crippen molar-refractivity contribution in [2.45, 2.75) is 104 Å². The van der Waals surface area contributed by atoms with Gasteiger partial charge in [-0.1, -0.05) is 120 Å². The molecule has 13 rings (SSSR count). The average Bonchev–Trinajstić information content (AvgIpc) is 1.68. The van der Waals surface area contributed by atoms with Gasteiger partial charge in [0.25, 0.3) is 70.9 Å². The Labute approximate surface area is 609 Å². The molecule has 1 saturated heterocycles. The second-order valence-corrected chi connectivity index (χ2v) is 33.7. The zero-order chi connectivity index (χ0) is 76.0. The summed E-state index contributed by atoms with van der Waals surface area (Å²) in [6, 6.07) is 39.9. The summed E-state index contributed by atoms with van der Waals surface area (Å²) in [6.07, 6.45) is 4.30. The van der Waals surface area contributed by atoms with Gasteiger partial charge < -0.3 is 19.6 Å². The Morgan fingerprint density at radius 3 is 0.743 bits per heavy atom. The number of aliphatic hydroxyl groups excluding tert-OH is 1. The van der Waals surface area contributed by atoms with Crippen LogP contribution in [0.2, 0.25) is 24.7 Å². The molecule has 26 heteroatoms. The number of aliphatic hydroxyl groups is 1. The second-order valence-electron chi connectivity index (χ2n) is 27.7. The van der Waals surface area contributed by atoms with E-state index in [1.54, 1.807) is 146 Å². The summed E-state index contributed by atoms with van der Waals surface area (Å²) in [5.74, 6) is -4.86. The number of unbranched alkanes of at least 4 members (excludes halogenated alkanes) is 2. The van der Waals surface area contributed by atoms with Crippen molar-refractivity contribution >= 4 is 96.7 Å². The van der Waals surface area contributed by atoms with Crippen molar-refractivity contribution in [2.75, 3.05) is 78.7 Å². The summed E-state index contributed by atoms with van der Waals surface area (Å²) >= 11 is 0. The monoisotopic (exact) mass is 1450 g/mol. The van der Waals surface area contributed by atoms with Crippen molar-refractivity contribution in [1.29, 1.82) is 0 Å². The first kappa shape index (κ1) is 77.9. The van der Waals surface area contributed by atoms with Crippen LogP contribution < -0.4 is 0 Å². The number of fused-ring (bicyclic) bond motifs is 6. The van der Waals surface area contributed by atoms with E-state index in [1.807, 2.05) is 6.92 Å². The SMILES string of the molecule is CC(C)(C)[Si](C)(C)C.CCCC(=O)N(CCN1C(=O)c2ccccc2C1=O)CCN1C(=O)c2ccccc2C1=O.O=C(CCO)N(CCN1C(=O)c2ccccc2C1=O)CCN1C(=O)c2ccccc2C1=O.O=C1CCCO1.O=C1c2ccccc2C(=O)N1CCCCCN1C(=O)c2ccccc2C1=O. The molecule has 7 heterocycles. The molecular formula is C79H86N8O17Si. The number of amides is 14. The van der Waals surface area contributed by atoms with Gasteiger partial charge in [-0.3, -0.25) is 101 Å². The van der Waals surface area contributed by atoms with Crippen molar-refractivity contribution in [3.8, 4) is 0 Å². The van der Waals surface area contributed by atoms with Crippen molar-refractivity contribution in [1.82, 2.24) is 39.2 Å². The fourth-order valence-corrected chi connectivity index (χ4v) is 12.1. The van der Waals surface area contributed by atoms with Gasteiger partial charge in [0, 0.05) is 92.8 Å². The molecule has 14 amide bonds. The molecule has 1 N–H and O–H groups in total. The lowest BCUT2D eigenvalue weighted by Gasteiger charge is -2.32. The highest BCUT2D eigenvalue weighted by atomic mass is 28.3. The molecule has 0 aromatic heterocycles. The zero-order valence-electron chi connectivity index (χ0n) is 60.1. The van der Waals surface area contributed by atoms with Gasteiger partial charge in [-0.2, -0.15) is 0 Å². The minimum absolute atomic E-state index is 0.0213. The number of carbonyl (C=O) groups is 15. The predicted octanol–water partition coefficient (Wildman–Crippen LogP) is 9.19. The van der Waals surface area contributed by atoms with Gasteiger partial charge in [0.1, 0.15) is 0 Å². The first-order valence-corrected chi connectivity index (χ1v) is 38.6. The Morgan fingerprint density at radius 2 is 0.581 bits per heavy atom. The van der Waals surface area contributed by atoms with Gasteiger partial charge in [-0.25, -0.2) is 0 Å². The molecule has 0 unspecified atom stereocenters. The van der Waals surface area contributed by atoms with E-state index in [2.05, 4.69) is 45.1 Å². The highest BCUT2D eigenvalue weighted by Gasteiger charge is 2.41. The Kier molecular flexibility index (Phi) is 25.5. The Morgan fingerprint density at radius 1 is 0.371 bits per heavy atom. The molecule has 6 aromatic carbocycles. The summed E-state index contributed by atoms with van der Waals surface area (Å²) in [6.45, 7) is 17.4. The predicted molar refractivity (Wildman–Crippen MR) is 388 cm³/mol. The van der Waals surface area contributed by atoms with E-state index >= 15 is 0 Å². The van der Waals surface area contributed by atoms with Crippen LogP contribution in [0.4, 0.5) is 0 Å². The molecule has 0 atom stereocenters. The lowest BCUT2D eigenvalue weighted by molar-refractivity contribution is -0.138. The zero-order valence-corrected chi connectivity index (χ0v) is 61.1. The maximum atomic E-state index is 12.7. The van der Waals surface area contributed by atoms with Crippen molar-refractivity contribution in [3.05, 3.63) is 212 Å². The third kappa shape index (κ3) is 17.5. The molecule has 6 aromatic rings. The third-order valence-corrected chi connectivity index (χ3v) is 23.9. The molecule has 0 spiro atoms. The van der Waals surface area contributed by atoms with Gasteiger partial charge in [-0.05, 0) is 110 Å². The number of ether oxygens (including phenoxy) is 1. The fourth-order valence-electron chi connectivity index (χ4n) is 12.1. The summed E-state index contributed by atoms with van der Waals surface area (Å²) in [5.41, 5.74) is 4.50. The van der Waals surface area contributed by atoms with Gasteiger partial charge >= 0.3 is 5.97 Å². The van der Waals surface area contributed by atoms with Crippen LogP contribution in [0.1, 0.15) is 203 Å². The van der Waals surface area contributed by atoms with E-state index in [4.69, 9.17) is 5.11 Å². The molecule has 0 radical (unpaired) electrons. The van der Waals surface area contributed by atoms with Gasteiger partial charge in [0.2, 0.25) is 11.8 Å². The molecule has 7 aliphatic heterocycles. The maximum absolute atomic E-state index is 12.7. The van der Waals surface area contributed by atoms with E-state index in [-0.39, 0.29) is 125 Å².